The lowest BCUT2D eigenvalue weighted by Gasteiger charge is -2.20. The number of hydrogen-bond donors (Lipinski definition) is 4. The average Bonchev–Trinajstić information content (AvgIpc) is 2.93. The van der Waals surface area contributed by atoms with E-state index in [-0.39, 0.29) is 18.8 Å². The van der Waals surface area contributed by atoms with Gasteiger partial charge in [0.05, 0.1) is 20.3 Å². The Morgan fingerprint density at radius 1 is 1.17 bits per heavy atom. The third-order valence-corrected chi connectivity index (χ3v) is 5.72. The van der Waals surface area contributed by atoms with Gasteiger partial charge in [0.1, 0.15) is 18.5 Å². The fourth-order valence-electron chi connectivity index (χ4n) is 1.74. The van der Waals surface area contributed by atoms with E-state index in [0.717, 1.165) is 10.8 Å². The molecule has 20 heteroatoms. The molecule has 0 aliphatic heterocycles. The summed E-state index contributed by atoms with van der Waals surface area (Å²) < 4.78 is 70.6. The number of nitrogens with zero attached hydrogens (tertiary/aromatic N) is 3. The molecule has 0 aliphatic carbocycles. The topological polar surface area (TPSA) is 250 Å². The highest BCUT2D eigenvalue weighted by molar-refractivity contribution is 7.84. The van der Waals surface area contributed by atoms with Gasteiger partial charge >= 0.3 is 34.2 Å². The number of imidazole rings is 1. The van der Waals surface area contributed by atoms with E-state index in [9.17, 15) is 31.5 Å². The van der Waals surface area contributed by atoms with Gasteiger partial charge < -0.3 is 10.1 Å². The number of nitrogens with two attached hydrogens (primary N) is 2. The van der Waals surface area contributed by atoms with Crippen molar-refractivity contribution in [3.63, 3.8) is 0 Å². The van der Waals surface area contributed by atoms with Crippen LogP contribution in [0.15, 0.2) is 6.20 Å². The fraction of sp³-hybridized carbons (Fsp3) is 0.667. The minimum atomic E-state index is -4.21. The lowest BCUT2D eigenvalue weighted by molar-refractivity contribution is -0.396. The van der Waals surface area contributed by atoms with Crippen molar-refractivity contribution in [3.8, 4) is 0 Å². The van der Waals surface area contributed by atoms with Crippen LogP contribution in [0, 0.1) is 10.1 Å². The third kappa shape index (κ3) is 10.2. The minimum absolute atomic E-state index is 0.196. The summed E-state index contributed by atoms with van der Waals surface area (Å²) in [7, 11) is -11.0. The summed E-state index contributed by atoms with van der Waals surface area (Å²) in [6.45, 7) is -1.98. The first-order valence-corrected chi connectivity index (χ1v) is 12.0. The normalized spacial score (nSPS) is 12.9. The van der Waals surface area contributed by atoms with Crippen molar-refractivity contribution in [2.24, 2.45) is 17.3 Å². The van der Waals surface area contributed by atoms with E-state index in [0.29, 0.717) is 0 Å². The molecule has 0 saturated carbocycles. The van der Waals surface area contributed by atoms with Crippen LogP contribution < -0.4 is 20.5 Å². The molecule has 1 rings (SSSR count). The van der Waals surface area contributed by atoms with Crippen molar-refractivity contribution in [3.05, 3.63) is 22.0 Å². The molecule has 0 amide bonds. The molecule has 0 saturated heterocycles. The summed E-state index contributed by atoms with van der Waals surface area (Å²) in [6, 6.07) is 0. The molecule has 0 radical (unpaired) electrons. The zero-order valence-corrected chi connectivity index (χ0v) is 17.5. The van der Waals surface area contributed by atoms with Gasteiger partial charge in [-0.25, -0.2) is 25.0 Å². The fourth-order valence-corrected chi connectivity index (χ4v) is 3.75. The van der Waals surface area contributed by atoms with Gasteiger partial charge in [0.2, 0.25) is 0 Å². The van der Waals surface area contributed by atoms with Crippen LogP contribution in [-0.4, -0.2) is 57.6 Å². The highest BCUT2D eigenvalue weighted by Crippen LogP contribution is 2.38. The summed E-state index contributed by atoms with van der Waals surface area (Å²) in [5.41, 5.74) is 0.196. The van der Waals surface area contributed by atoms with Gasteiger partial charge in [0.15, 0.2) is 0 Å². The van der Waals surface area contributed by atoms with Gasteiger partial charge in [-0.3, -0.25) is 17.5 Å². The number of nitrogens with one attached hydrogen (secondary N) is 2. The van der Waals surface area contributed by atoms with Crippen molar-refractivity contribution >= 4 is 34.2 Å². The van der Waals surface area contributed by atoms with E-state index in [2.05, 4.69) is 33.8 Å². The van der Waals surface area contributed by atoms with Crippen LogP contribution in [0.5, 0.6) is 0 Å². The van der Waals surface area contributed by atoms with Crippen molar-refractivity contribution in [2.45, 2.75) is 6.61 Å². The first-order chi connectivity index (χ1) is 13.2. The lowest BCUT2D eigenvalue weighted by atomic mass is 10.5. The zero-order chi connectivity index (χ0) is 22.3. The van der Waals surface area contributed by atoms with Gasteiger partial charge in [0, 0.05) is 13.1 Å². The maximum atomic E-state index is 12.8. The lowest BCUT2D eigenvalue weighted by Crippen LogP contribution is -2.31. The second-order valence-corrected chi connectivity index (χ2v) is 9.57. The zero-order valence-electron chi connectivity index (χ0n) is 15.0. The molecule has 0 fully saturated rings. The molecular weight excluding hydrogens is 461 g/mol. The molecule has 168 valence electrons. The van der Waals surface area contributed by atoms with Gasteiger partial charge in [-0.15, -0.1) is 0 Å². The predicted octanol–water partition coefficient (Wildman–Crippen LogP) is -2.43. The highest BCUT2D eigenvalue weighted by Gasteiger charge is 2.25. The van der Waals surface area contributed by atoms with Crippen molar-refractivity contribution in [2.75, 3.05) is 26.3 Å². The van der Waals surface area contributed by atoms with Crippen LogP contribution in [0.1, 0.15) is 5.69 Å². The monoisotopic (exact) mass is 481 g/mol. The van der Waals surface area contributed by atoms with E-state index in [1.165, 1.54) is 7.05 Å². The molecule has 0 aromatic carbocycles. The molecule has 1 aromatic heterocycles. The van der Waals surface area contributed by atoms with Crippen molar-refractivity contribution in [1.29, 1.82) is 0 Å². The second kappa shape index (κ2) is 10.5. The van der Waals surface area contributed by atoms with E-state index in [1.807, 2.05) is 0 Å². The Kier molecular flexibility index (Phi) is 9.21. The molecule has 6 N–H and O–H groups in total. The van der Waals surface area contributed by atoms with Crippen LogP contribution in [-0.2, 0) is 51.7 Å². The van der Waals surface area contributed by atoms with E-state index in [1.54, 1.807) is 0 Å². The molecule has 0 aliphatic rings. The maximum absolute atomic E-state index is 12.8. The Morgan fingerprint density at radius 2 is 1.66 bits per heavy atom. The Balaban J connectivity index is 2.74. The molecule has 1 aromatic rings. The Labute approximate surface area is 165 Å². The van der Waals surface area contributed by atoms with Gasteiger partial charge in [-0.1, -0.05) is 4.98 Å². The number of rotatable bonds is 14. The predicted molar refractivity (Wildman–Crippen MR) is 96.4 cm³/mol. The van der Waals surface area contributed by atoms with E-state index < -0.39 is 59.0 Å². The number of hydrogen-bond acceptors (Lipinski definition) is 11. The summed E-state index contributed by atoms with van der Waals surface area (Å²) >= 11 is 0. The Morgan fingerprint density at radius 3 is 2.03 bits per heavy atom. The summed E-state index contributed by atoms with van der Waals surface area (Å²) in [5, 5.41) is 24.8. The average molecular weight is 481 g/mol. The summed E-state index contributed by atoms with van der Waals surface area (Å²) in [4.78, 5) is 13.6. The Bertz CT molecular complexity index is 918. The SMILES string of the molecule is Cn1c(COP(=O)(NCCOS(N)(=O)=O)NCCOS(N)(=O)=O)cnc1[N+](=O)[O-]. The largest absolute Gasteiger partial charge is 0.434 e. The Hall–Kier alpha value is -1.54. The quantitative estimate of drug-likeness (QED) is 0.0934. The summed E-state index contributed by atoms with van der Waals surface area (Å²) in [5.74, 6) is -0.470. The molecule has 0 unspecified atom stereocenters. The standard InChI is InChI=1S/C9H20N7O10PS2/c1-15-8(6-12-9(15)16(17)18)7-24-27(19,13-2-4-25-28(10,20)21)14-3-5-26-29(11,22)23/h6H,2-5,7H2,1H3,(H2,10,20,21)(H2,11,22,23)(H2,13,14,19). The van der Waals surface area contributed by atoms with Crippen molar-refractivity contribution < 1.29 is 39.2 Å². The molecule has 0 spiro atoms. The van der Waals surface area contributed by atoms with Crippen molar-refractivity contribution in [1.82, 2.24) is 19.7 Å². The summed E-state index contributed by atoms with van der Waals surface area (Å²) in [6.07, 6.45) is 1.14. The maximum Gasteiger partial charge on any atom is 0.434 e. The number of aromatic nitrogens is 2. The minimum Gasteiger partial charge on any atom is -0.390 e. The van der Waals surface area contributed by atoms with Crippen LogP contribution in [0.2, 0.25) is 0 Å². The molecule has 17 nitrogen and oxygen atoms in total. The van der Waals surface area contributed by atoms with Gasteiger partial charge in [-0.2, -0.15) is 16.8 Å². The van der Waals surface area contributed by atoms with Gasteiger partial charge in [0.25, 0.3) is 0 Å². The van der Waals surface area contributed by atoms with E-state index in [4.69, 9.17) is 4.52 Å². The molecule has 0 atom stereocenters. The van der Waals surface area contributed by atoms with Crippen LogP contribution in [0.4, 0.5) is 5.95 Å². The first-order valence-electron chi connectivity index (χ1n) is 7.46. The third-order valence-electron chi connectivity index (χ3n) is 2.96. The van der Waals surface area contributed by atoms with Crippen LogP contribution >= 0.6 is 7.67 Å². The second-order valence-electron chi connectivity index (χ2n) is 5.14. The highest BCUT2D eigenvalue weighted by atomic mass is 32.2. The molecule has 0 bridgehead atoms. The smallest absolute Gasteiger partial charge is 0.390 e. The molecular formula is C9H20N7O10PS2. The molecule has 1 heterocycles. The number of nitro groups is 1. The van der Waals surface area contributed by atoms with Crippen LogP contribution in [0.25, 0.3) is 0 Å². The first kappa shape index (κ1) is 25.5. The molecule has 29 heavy (non-hydrogen) atoms. The van der Waals surface area contributed by atoms with E-state index >= 15 is 0 Å². The van der Waals surface area contributed by atoms with Crippen LogP contribution in [0.3, 0.4) is 0 Å². The van der Waals surface area contributed by atoms with Gasteiger partial charge in [-0.05, 0) is 4.92 Å².